The molecule has 1 saturated heterocycles. The predicted molar refractivity (Wildman–Crippen MR) is 101 cm³/mol. The summed E-state index contributed by atoms with van der Waals surface area (Å²) in [5, 5.41) is 8.90. The fourth-order valence-electron chi connectivity index (χ4n) is 3.47. The van der Waals surface area contributed by atoms with Crippen LogP contribution in [0.4, 0.5) is 5.82 Å². The zero-order chi connectivity index (χ0) is 17.1. The number of hydrogen-bond donors (Lipinski definition) is 0. The first-order valence-corrected chi connectivity index (χ1v) is 9.93. The number of nitrogens with zero attached hydrogens (tertiary/aromatic N) is 3. The third-order valence-corrected chi connectivity index (χ3v) is 5.73. The average Bonchev–Trinajstić information content (AvgIpc) is 2.68. The van der Waals surface area contributed by atoms with Crippen molar-refractivity contribution in [3.63, 3.8) is 0 Å². The molecule has 0 amide bonds. The van der Waals surface area contributed by atoms with Crippen LogP contribution in [0.25, 0.3) is 0 Å². The lowest BCUT2D eigenvalue weighted by molar-refractivity contribution is 0.210. The first-order valence-electron chi connectivity index (χ1n) is 8.77. The highest BCUT2D eigenvalue weighted by atomic mass is 32.2. The van der Waals surface area contributed by atoms with Crippen LogP contribution in [0.1, 0.15) is 11.3 Å². The lowest BCUT2D eigenvalue weighted by atomic mass is 9.92. The van der Waals surface area contributed by atoms with Gasteiger partial charge in [-0.1, -0.05) is 12.1 Å². The summed E-state index contributed by atoms with van der Waals surface area (Å²) < 4.78 is 11.3. The van der Waals surface area contributed by atoms with E-state index in [4.69, 9.17) is 9.47 Å². The van der Waals surface area contributed by atoms with E-state index in [9.17, 15) is 0 Å². The van der Waals surface area contributed by atoms with Crippen LogP contribution in [-0.4, -0.2) is 48.5 Å². The van der Waals surface area contributed by atoms with Crippen LogP contribution in [0.5, 0.6) is 11.5 Å². The summed E-state index contributed by atoms with van der Waals surface area (Å²) >= 11 is 2.00. The number of ether oxygens (including phenoxy) is 2. The zero-order valence-electron chi connectivity index (χ0n) is 14.5. The molecule has 2 aliphatic rings. The van der Waals surface area contributed by atoms with Gasteiger partial charge in [0.1, 0.15) is 0 Å². The molecule has 132 valence electrons. The molecule has 4 rings (SSSR count). The molecule has 1 atom stereocenters. The Morgan fingerprint density at radius 2 is 2.08 bits per heavy atom. The Hall–Kier alpha value is -1.95. The third kappa shape index (κ3) is 3.68. The van der Waals surface area contributed by atoms with Gasteiger partial charge in [-0.05, 0) is 36.6 Å². The highest BCUT2D eigenvalue weighted by molar-refractivity contribution is 7.99. The lowest BCUT2D eigenvalue weighted by Crippen LogP contribution is -2.33. The predicted octanol–water partition coefficient (Wildman–Crippen LogP) is 2.83. The van der Waals surface area contributed by atoms with E-state index in [2.05, 4.69) is 33.3 Å². The number of methoxy groups -OCH3 is 1. The van der Waals surface area contributed by atoms with Gasteiger partial charge in [0.05, 0.1) is 19.4 Å². The molecular formula is C19H23N3O2S. The first-order chi connectivity index (χ1) is 12.3. The second-order valence-corrected chi connectivity index (χ2v) is 7.74. The third-order valence-electron chi connectivity index (χ3n) is 4.79. The van der Waals surface area contributed by atoms with Crippen molar-refractivity contribution in [1.29, 1.82) is 0 Å². The normalized spacial score (nSPS) is 19.9. The van der Waals surface area contributed by atoms with E-state index < -0.39 is 0 Å². The summed E-state index contributed by atoms with van der Waals surface area (Å²) in [6, 6.07) is 10.3. The van der Waals surface area contributed by atoms with Crippen molar-refractivity contribution in [2.24, 2.45) is 5.92 Å². The average molecular weight is 357 g/mol. The largest absolute Gasteiger partial charge is 0.493 e. The van der Waals surface area contributed by atoms with E-state index in [1.165, 1.54) is 17.1 Å². The summed E-state index contributed by atoms with van der Waals surface area (Å²) in [7, 11) is 1.68. The molecule has 1 fully saturated rings. The van der Waals surface area contributed by atoms with E-state index in [1.54, 1.807) is 7.11 Å². The number of hydrogen-bond acceptors (Lipinski definition) is 6. The zero-order valence-corrected chi connectivity index (χ0v) is 15.3. The van der Waals surface area contributed by atoms with Gasteiger partial charge in [-0.3, -0.25) is 0 Å². The Morgan fingerprint density at radius 1 is 1.20 bits per heavy atom. The minimum atomic E-state index is 0.422. The van der Waals surface area contributed by atoms with Crippen LogP contribution in [0.15, 0.2) is 30.3 Å². The molecule has 2 aliphatic heterocycles. The minimum absolute atomic E-state index is 0.422. The summed E-state index contributed by atoms with van der Waals surface area (Å²) in [6.45, 7) is 2.82. The van der Waals surface area contributed by atoms with E-state index in [0.717, 1.165) is 48.9 Å². The first kappa shape index (κ1) is 16.5. The highest BCUT2D eigenvalue weighted by Gasteiger charge is 2.23. The lowest BCUT2D eigenvalue weighted by Gasteiger charge is -2.27. The molecule has 5 nitrogen and oxygen atoms in total. The molecule has 0 aliphatic carbocycles. The molecule has 0 saturated carbocycles. The molecule has 0 spiro atoms. The summed E-state index contributed by atoms with van der Waals surface area (Å²) in [6.07, 6.45) is 1.87. The Balaban J connectivity index is 1.41. The number of anilines is 1. The fraction of sp³-hybridized carbons (Fsp3) is 0.474. The van der Waals surface area contributed by atoms with Crippen molar-refractivity contribution in [2.75, 3.05) is 43.2 Å². The van der Waals surface area contributed by atoms with Crippen molar-refractivity contribution in [2.45, 2.75) is 12.8 Å². The molecule has 1 aromatic carbocycles. The van der Waals surface area contributed by atoms with Crippen LogP contribution in [0, 0.1) is 5.92 Å². The van der Waals surface area contributed by atoms with Crippen molar-refractivity contribution in [3.8, 4) is 11.5 Å². The van der Waals surface area contributed by atoms with Gasteiger partial charge in [0.25, 0.3) is 0 Å². The summed E-state index contributed by atoms with van der Waals surface area (Å²) in [5.41, 5.74) is 2.25. The maximum atomic E-state index is 5.97. The number of para-hydroxylation sites is 1. The van der Waals surface area contributed by atoms with E-state index in [1.807, 2.05) is 23.9 Å². The molecule has 6 heteroatoms. The number of benzene rings is 1. The molecule has 0 bridgehead atoms. The Labute approximate surface area is 152 Å². The van der Waals surface area contributed by atoms with Gasteiger partial charge in [0, 0.05) is 30.5 Å². The van der Waals surface area contributed by atoms with E-state index >= 15 is 0 Å². The second kappa shape index (κ2) is 7.52. The maximum Gasteiger partial charge on any atom is 0.164 e. The van der Waals surface area contributed by atoms with Gasteiger partial charge in [-0.2, -0.15) is 16.9 Å². The highest BCUT2D eigenvalue weighted by Crippen LogP contribution is 2.36. The number of aromatic nitrogens is 2. The van der Waals surface area contributed by atoms with Crippen molar-refractivity contribution >= 4 is 17.6 Å². The van der Waals surface area contributed by atoms with Crippen LogP contribution >= 0.6 is 11.8 Å². The SMILES string of the molecule is COc1cccc2c1OC[C@@H](Cc1ccc(N3CCSCC3)nn1)C2. The monoisotopic (exact) mass is 357 g/mol. The van der Waals surface area contributed by atoms with Crippen LogP contribution in [0.2, 0.25) is 0 Å². The molecule has 2 aromatic rings. The molecule has 25 heavy (non-hydrogen) atoms. The Bertz CT molecular complexity index is 717. The van der Waals surface area contributed by atoms with Gasteiger partial charge in [0.2, 0.25) is 0 Å². The number of thioether (sulfide) groups is 1. The van der Waals surface area contributed by atoms with Crippen LogP contribution in [-0.2, 0) is 12.8 Å². The standard InChI is InChI=1S/C19H23N3O2S/c1-23-17-4-2-3-15-11-14(13-24-19(15)17)12-16-5-6-18(21-20-16)22-7-9-25-10-8-22/h2-6,14H,7-13H2,1H3/t14-/m1/s1. The second-order valence-electron chi connectivity index (χ2n) is 6.52. The molecule has 3 heterocycles. The topological polar surface area (TPSA) is 47.5 Å². The number of rotatable bonds is 4. The molecule has 0 unspecified atom stereocenters. The van der Waals surface area contributed by atoms with Gasteiger partial charge in [-0.25, -0.2) is 0 Å². The molecular weight excluding hydrogens is 334 g/mol. The van der Waals surface area contributed by atoms with Gasteiger partial charge >= 0.3 is 0 Å². The van der Waals surface area contributed by atoms with Crippen LogP contribution < -0.4 is 14.4 Å². The summed E-state index contributed by atoms with van der Waals surface area (Å²) in [4.78, 5) is 2.32. The molecule has 1 aromatic heterocycles. The Morgan fingerprint density at radius 3 is 2.84 bits per heavy atom. The van der Waals surface area contributed by atoms with Gasteiger partial charge in [-0.15, -0.1) is 5.10 Å². The van der Waals surface area contributed by atoms with Crippen molar-refractivity contribution < 1.29 is 9.47 Å². The quantitative estimate of drug-likeness (QED) is 0.839. The van der Waals surface area contributed by atoms with Crippen molar-refractivity contribution in [1.82, 2.24) is 10.2 Å². The maximum absolute atomic E-state index is 5.97. The van der Waals surface area contributed by atoms with Crippen LogP contribution in [0.3, 0.4) is 0 Å². The van der Waals surface area contributed by atoms with E-state index in [0.29, 0.717) is 12.5 Å². The Kier molecular flexibility index (Phi) is 4.97. The fourth-order valence-corrected chi connectivity index (χ4v) is 4.37. The smallest absolute Gasteiger partial charge is 0.164 e. The molecule has 0 N–H and O–H groups in total. The molecule has 0 radical (unpaired) electrons. The van der Waals surface area contributed by atoms with Crippen molar-refractivity contribution in [3.05, 3.63) is 41.6 Å². The van der Waals surface area contributed by atoms with E-state index in [-0.39, 0.29) is 0 Å². The number of fused-ring (bicyclic) bond motifs is 1. The summed E-state index contributed by atoms with van der Waals surface area (Å²) in [5.74, 6) is 5.48. The van der Waals surface area contributed by atoms with Gasteiger partial charge in [0.15, 0.2) is 17.3 Å². The van der Waals surface area contributed by atoms with Gasteiger partial charge < -0.3 is 14.4 Å². The minimum Gasteiger partial charge on any atom is -0.493 e.